The van der Waals surface area contributed by atoms with E-state index in [4.69, 9.17) is 0 Å². The van der Waals surface area contributed by atoms with Gasteiger partial charge in [-0.1, -0.05) is 6.07 Å². The zero-order valence-corrected chi connectivity index (χ0v) is 13.9. The molecule has 0 heterocycles. The SMILES string of the molecule is CC(C)N(C(=O)[C@@H](C)Nc1ccc2c(c1)CCC2)C(C)C. The zero-order valence-electron chi connectivity index (χ0n) is 13.9. The lowest BCUT2D eigenvalue weighted by atomic mass is 10.1. The molecule has 1 N–H and O–H groups in total. The summed E-state index contributed by atoms with van der Waals surface area (Å²) in [5.41, 5.74) is 3.96. The van der Waals surface area contributed by atoms with Gasteiger partial charge in [-0.15, -0.1) is 0 Å². The Morgan fingerprint density at radius 1 is 1.05 bits per heavy atom. The molecular weight excluding hydrogens is 260 g/mol. The van der Waals surface area contributed by atoms with E-state index in [0.717, 1.165) is 12.1 Å². The summed E-state index contributed by atoms with van der Waals surface area (Å²) < 4.78 is 0. The Hall–Kier alpha value is -1.51. The molecule has 0 saturated heterocycles. The minimum atomic E-state index is -0.200. The zero-order chi connectivity index (χ0) is 15.6. The average Bonchev–Trinajstić information content (AvgIpc) is 2.85. The topological polar surface area (TPSA) is 32.3 Å². The van der Waals surface area contributed by atoms with Crippen molar-refractivity contribution in [3.05, 3.63) is 29.3 Å². The van der Waals surface area contributed by atoms with E-state index in [-0.39, 0.29) is 24.0 Å². The number of amides is 1. The molecule has 1 aromatic rings. The molecule has 3 heteroatoms. The highest BCUT2D eigenvalue weighted by Gasteiger charge is 2.25. The summed E-state index contributed by atoms with van der Waals surface area (Å²) in [6, 6.07) is 6.76. The Labute approximate surface area is 128 Å². The standard InChI is InChI=1S/C18H28N2O/c1-12(2)20(13(3)4)18(21)14(5)19-17-10-9-15-7-6-8-16(15)11-17/h9-14,19H,6-8H2,1-5H3/t14-/m1/s1. The van der Waals surface area contributed by atoms with E-state index in [0.29, 0.717) is 0 Å². The van der Waals surface area contributed by atoms with Gasteiger partial charge in [-0.05, 0) is 77.1 Å². The van der Waals surface area contributed by atoms with Gasteiger partial charge >= 0.3 is 0 Å². The second-order valence-corrected chi connectivity index (χ2v) is 6.64. The Kier molecular flexibility index (Phi) is 4.92. The molecule has 1 atom stereocenters. The summed E-state index contributed by atoms with van der Waals surface area (Å²) in [6.07, 6.45) is 3.61. The van der Waals surface area contributed by atoms with E-state index in [1.54, 1.807) is 0 Å². The molecule has 1 amide bonds. The minimum absolute atomic E-state index is 0.167. The predicted molar refractivity (Wildman–Crippen MR) is 88.7 cm³/mol. The first-order valence-electron chi connectivity index (χ1n) is 8.10. The van der Waals surface area contributed by atoms with E-state index in [1.807, 2.05) is 11.8 Å². The molecule has 116 valence electrons. The van der Waals surface area contributed by atoms with Gasteiger partial charge < -0.3 is 10.2 Å². The molecule has 0 aliphatic heterocycles. The Balaban J connectivity index is 2.06. The van der Waals surface area contributed by atoms with Crippen LogP contribution in [0.25, 0.3) is 0 Å². The van der Waals surface area contributed by atoms with E-state index >= 15 is 0 Å². The van der Waals surface area contributed by atoms with Crippen LogP contribution in [-0.4, -0.2) is 28.9 Å². The van der Waals surface area contributed by atoms with Crippen molar-refractivity contribution in [2.24, 2.45) is 0 Å². The molecule has 0 fully saturated rings. The number of carbonyl (C=O) groups excluding carboxylic acids is 1. The van der Waals surface area contributed by atoms with Crippen molar-refractivity contribution in [3.8, 4) is 0 Å². The third-order valence-corrected chi connectivity index (χ3v) is 4.22. The molecule has 0 radical (unpaired) electrons. The summed E-state index contributed by atoms with van der Waals surface area (Å²) in [5.74, 6) is 0.167. The number of anilines is 1. The molecule has 2 rings (SSSR count). The molecule has 1 aromatic carbocycles. The van der Waals surface area contributed by atoms with E-state index in [2.05, 4.69) is 51.2 Å². The van der Waals surface area contributed by atoms with Gasteiger partial charge in [-0.3, -0.25) is 4.79 Å². The molecule has 21 heavy (non-hydrogen) atoms. The largest absolute Gasteiger partial charge is 0.374 e. The highest BCUT2D eigenvalue weighted by Crippen LogP contribution is 2.25. The van der Waals surface area contributed by atoms with Crippen molar-refractivity contribution in [1.82, 2.24) is 4.90 Å². The summed E-state index contributed by atoms with van der Waals surface area (Å²) in [5, 5.41) is 3.37. The number of fused-ring (bicyclic) bond motifs is 1. The third-order valence-electron chi connectivity index (χ3n) is 4.22. The van der Waals surface area contributed by atoms with Gasteiger partial charge in [-0.25, -0.2) is 0 Å². The van der Waals surface area contributed by atoms with Crippen molar-refractivity contribution in [2.75, 3.05) is 5.32 Å². The Morgan fingerprint density at radius 2 is 1.67 bits per heavy atom. The molecule has 1 aliphatic carbocycles. The smallest absolute Gasteiger partial charge is 0.245 e. The van der Waals surface area contributed by atoms with E-state index < -0.39 is 0 Å². The van der Waals surface area contributed by atoms with Crippen LogP contribution < -0.4 is 5.32 Å². The number of nitrogens with one attached hydrogen (secondary N) is 1. The fourth-order valence-electron chi connectivity index (χ4n) is 3.30. The summed E-state index contributed by atoms with van der Waals surface area (Å²) >= 11 is 0. The van der Waals surface area contributed by atoms with Crippen molar-refractivity contribution < 1.29 is 4.79 Å². The highest BCUT2D eigenvalue weighted by molar-refractivity contribution is 5.84. The van der Waals surface area contributed by atoms with Crippen molar-refractivity contribution in [3.63, 3.8) is 0 Å². The second kappa shape index (κ2) is 6.50. The van der Waals surface area contributed by atoms with Gasteiger partial charge in [0.25, 0.3) is 0 Å². The van der Waals surface area contributed by atoms with Crippen LogP contribution in [-0.2, 0) is 17.6 Å². The number of nitrogens with zero attached hydrogens (tertiary/aromatic N) is 1. The molecule has 0 bridgehead atoms. The lowest BCUT2D eigenvalue weighted by molar-refractivity contribution is -0.135. The van der Waals surface area contributed by atoms with Gasteiger partial charge in [0.05, 0.1) is 0 Å². The lowest BCUT2D eigenvalue weighted by Crippen LogP contribution is -2.48. The molecule has 3 nitrogen and oxygen atoms in total. The quantitative estimate of drug-likeness (QED) is 0.897. The Morgan fingerprint density at radius 3 is 2.29 bits per heavy atom. The number of aryl methyl sites for hydroxylation is 2. The average molecular weight is 288 g/mol. The van der Waals surface area contributed by atoms with Crippen LogP contribution in [0.1, 0.15) is 52.2 Å². The molecular formula is C18H28N2O. The number of rotatable bonds is 5. The van der Waals surface area contributed by atoms with E-state index in [9.17, 15) is 4.79 Å². The number of carbonyl (C=O) groups is 1. The lowest BCUT2D eigenvalue weighted by Gasteiger charge is -2.33. The van der Waals surface area contributed by atoms with E-state index in [1.165, 1.54) is 24.0 Å². The normalized spacial score (nSPS) is 15.2. The number of benzene rings is 1. The van der Waals surface area contributed by atoms with Crippen molar-refractivity contribution in [1.29, 1.82) is 0 Å². The van der Waals surface area contributed by atoms with Gasteiger partial charge in [0.15, 0.2) is 0 Å². The van der Waals surface area contributed by atoms with Crippen LogP contribution >= 0.6 is 0 Å². The number of hydrogen-bond donors (Lipinski definition) is 1. The van der Waals surface area contributed by atoms with Crippen LogP contribution in [0.5, 0.6) is 0 Å². The molecule has 0 unspecified atom stereocenters. The number of hydrogen-bond acceptors (Lipinski definition) is 2. The first-order chi connectivity index (χ1) is 9.90. The molecule has 0 aromatic heterocycles. The Bertz CT molecular complexity index is 500. The van der Waals surface area contributed by atoms with Crippen LogP contribution in [0.2, 0.25) is 0 Å². The summed E-state index contributed by atoms with van der Waals surface area (Å²) in [6.45, 7) is 10.2. The van der Waals surface area contributed by atoms with Crippen LogP contribution in [0.15, 0.2) is 18.2 Å². The van der Waals surface area contributed by atoms with Gasteiger partial charge in [0.1, 0.15) is 6.04 Å². The predicted octanol–water partition coefficient (Wildman–Crippen LogP) is 3.62. The van der Waals surface area contributed by atoms with Crippen LogP contribution in [0, 0.1) is 0 Å². The first-order valence-corrected chi connectivity index (χ1v) is 8.10. The first kappa shape index (κ1) is 15.9. The summed E-state index contributed by atoms with van der Waals surface area (Å²) in [4.78, 5) is 14.6. The van der Waals surface area contributed by atoms with Gasteiger partial charge in [-0.2, -0.15) is 0 Å². The molecule has 1 aliphatic rings. The molecule has 0 saturated carbocycles. The van der Waals surface area contributed by atoms with Crippen molar-refractivity contribution in [2.45, 2.75) is 72.0 Å². The minimum Gasteiger partial charge on any atom is -0.374 e. The van der Waals surface area contributed by atoms with Crippen LogP contribution in [0.3, 0.4) is 0 Å². The fraction of sp³-hybridized carbons (Fsp3) is 0.611. The van der Waals surface area contributed by atoms with Crippen molar-refractivity contribution >= 4 is 11.6 Å². The second-order valence-electron chi connectivity index (χ2n) is 6.64. The van der Waals surface area contributed by atoms with Crippen LogP contribution in [0.4, 0.5) is 5.69 Å². The maximum atomic E-state index is 12.6. The highest BCUT2D eigenvalue weighted by atomic mass is 16.2. The maximum absolute atomic E-state index is 12.6. The monoisotopic (exact) mass is 288 g/mol. The molecule has 0 spiro atoms. The summed E-state index contributed by atoms with van der Waals surface area (Å²) in [7, 11) is 0. The fourth-order valence-corrected chi connectivity index (χ4v) is 3.30. The van der Waals surface area contributed by atoms with Gasteiger partial charge in [0.2, 0.25) is 5.91 Å². The third kappa shape index (κ3) is 3.58. The van der Waals surface area contributed by atoms with Gasteiger partial charge in [0, 0.05) is 17.8 Å². The maximum Gasteiger partial charge on any atom is 0.245 e.